The summed E-state index contributed by atoms with van der Waals surface area (Å²) >= 11 is 0. The molecule has 1 fully saturated rings. The van der Waals surface area contributed by atoms with Crippen molar-refractivity contribution in [1.29, 1.82) is 0 Å². The van der Waals surface area contributed by atoms with Crippen molar-refractivity contribution in [3.05, 3.63) is 47.8 Å². The van der Waals surface area contributed by atoms with Crippen molar-refractivity contribution >= 4 is 17.6 Å². The summed E-state index contributed by atoms with van der Waals surface area (Å²) in [6, 6.07) is 7.76. The number of anilines is 1. The summed E-state index contributed by atoms with van der Waals surface area (Å²) in [5, 5.41) is 7.33. The third kappa shape index (κ3) is 3.85. The van der Waals surface area contributed by atoms with Gasteiger partial charge in [-0.15, -0.1) is 0 Å². The molecule has 0 bridgehead atoms. The Balaban J connectivity index is 1.46. The number of rotatable bonds is 6. The van der Waals surface area contributed by atoms with Crippen LogP contribution in [0.4, 0.5) is 10.5 Å². The van der Waals surface area contributed by atoms with Crippen LogP contribution >= 0.6 is 0 Å². The Bertz CT molecular complexity index is 896. The first kappa shape index (κ1) is 19.4. The Morgan fingerprint density at radius 2 is 2.17 bits per heavy atom. The first-order chi connectivity index (χ1) is 14.1. The van der Waals surface area contributed by atoms with Gasteiger partial charge in [-0.1, -0.05) is 18.2 Å². The number of ether oxygens (including phenoxy) is 1. The van der Waals surface area contributed by atoms with Crippen LogP contribution in [0.3, 0.4) is 0 Å². The maximum Gasteiger partial charge on any atom is 0.321 e. The van der Waals surface area contributed by atoms with Gasteiger partial charge in [0.2, 0.25) is 5.91 Å². The molecule has 3 amide bonds. The largest absolute Gasteiger partial charge is 0.383 e. The van der Waals surface area contributed by atoms with Crippen LogP contribution in [0, 0.1) is 5.92 Å². The summed E-state index contributed by atoms with van der Waals surface area (Å²) in [6.45, 7) is 2.12. The van der Waals surface area contributed by atoms with E-state index in [9.17, 15) is 9.59 Å². The molecule has 1 aromatic carbocycles. The molecule has 1 N–H and O–H groups in total. The van der Waals surface area contributed by atoms with Crippen LogP contribution < -0.4 is 10.2 Å². The molecule has 8 nitrogen and oxygen atoms in total. The predicted molar refractivity (Wildman–Crippen MR) is 109 cm³/mol. The van der Waals surface area contributed by atoms with E-state index in [0.29, 0.717) is 32.7 Å². The topological polar surface area (TPSA) is 79.7 Å². The van der Waals surface area contributed by atoms with Crippen molar-refractivity contribution in [2.75, 3.05) is 38.3 Å². The van der Waals surface area contributed by atoms with E-state index in [-0.39, 0.29) is 23.9 Å². The predicted octanol–water partition coefficient (Wildman–Crippen LogP) is 1.73. The zero-order valence-corrected chi connectivity index (χ0v) is 16.9. The van der Waals surface area contributed by atoms with E-state index in [0.717, 1.165) is 17.7 Å². The molecular weight excluding hydrogens is 370 g/mol. The van der Waals surface area contributed by atoms with Crippen LogP contribution in [-0.2, 0) is 23.0 Å². The van der Waals surface area contributed by atoms with Crippen LogP contribution in [0.2, 0.25) is 0 Å². The molecule has 0 spiro atoms. The second kappa shape index (κ2) is 8.24. The van der Waals surface area contributed by atoms with Gasteiger partial charge in [0.1, 0.15) is 0 Å². The highest BCUT2D eigenvalue weighted by atomic mass is 16.5. The lowest BCUT2D eigenvalue weighted by Crippen LogP contribution is -2.42. The number of hydrogen-bond acceptors (Lipinski definition) is 4. The average molecular weight is 397 g/mol. The third-order valence-electron chi connectivity index (χ3n) is 5.79. The van der Waals surface area contributed by atoms with Crippen molar-refractivity contribution < 1.29 is 14.3 Å². The van der Waals surface area contributed by atoms with Gasteiger partial charge >= 0.3 is 6.03 Å². The lowest BCUT2D eigenvalue weighted by molar-refractivity contribution is -0.129. The number of nitrogens with one attached hydrogen (secondary N) is 1. The number of para-hydroxylation sites is 1. The van der Waals surface area contributed by atoms with E-state index in [1.807, 2.05) is 36.3 Å². The highest BCUT2D eigenvalue weighted by Gasteiger charge is 2.41. The van der Waals surface area contributed by atoms with Crippen LogP contribution in [0.5, 0.6) is 0 Å². The fourth-order valence-electron chi connectivity index (χ4n) is 4.41. The average Bonchev–Trinajstić information content (AvgIpc) is 3.41. The fourth-order valence-corrected chi connectivity index (χ4v) is 4.41. The molecule has 2 aliphatic rings. The molecule has 3 heterocycles. The quantitative estimate of drug-likeness (QED) is 0.805. The minimum atomic E-state index is -0.113. The maximum absolute atomic E-state index is 12.8. The number of benzene rings is 1. The zero-order valence-electron chi connectivity index (χ0n) is 16.9. The molecule has 2 atom stereocenters. The van der Waals surface area contributed by atoms with Crippen LogP contribution in [0.1, 0.15) is 23.6 Å². The molecular formula is C21H27N5O3. The number of hydrogen-bond donors (Lipinski definition) is 1. The lowest BCUT2D eigenvalue weighted by Gasteiger charge is -2.28. The highest BCUT2D eigenvalue weighted by molar-refractivity contribution is 5.94. The number of carbonyl (C=O) groups is 2. The fraction of sp³-hybridized carbons (Fsp3) is 0.476. The smallest absolute Gasteiger partial charge is 0.321 e. The van der Waals surface area contributed by atoms with E-state index >= 15 is 0 Å². The van der Waals surface area contributed by atoms with Gasteiger partial charge in [0.25, 0.3) is 0 Å². The second-order valence-electron chi connectivity index (χ2n) is 7.65. The van der Waals surface area contributed by atoms with Crippen molar-refractivity contribution in [2.24, 2.45) is 13.0 Å². The highest BCUT2D eigenvalue weighted by Crippen LogP contribution is 2.37. The zero-order chi connectivity index (χ0) is 20.4. The molecule has 1 aromatic heterocycles. The Kier molecular flexibility index (Phi) is 5.53. The van der Waals surface area contributed by atoms with Gasteiger partial charge in [0.05, 0.1) is 18.8 Å². The van der Waals surface area contributed by atoms with E-state index in [2.05, 4.69) is 16.5 Å². The van der Waals surface area contributed by atoms with Gasteiger partial charge in [0.15, 0.2) is 0 Å². The third-order valence-corrected chi connectivity index (χ3v) is 5.79. The lowest BCUT2D eigenvalue weighted by atomic mass is 9.95. The summed E-state index contributed by atoms with van der Waals surface area (Å²) in [6.07, 6.45) is 5.01. The Morgan fingerprint density at radius 1 is 1.34 bits per heavy atom. The van der Waals surface area contributed by atoms with E-state index in [1.54, 1.807) is 22.9 Å². The summed E-state index contributed by atoms with van der Waals surface area (Å²) in [5.74, 6) is 0.0759. The van der Waals surface area contributed by atoms with Crippen molar-refractivity contribution in [2.45, 2.75) is 18.9 Å². The second-order valence-corrected chi connectivity index (χ2v) is 7.65. The minimum Gasteiger partial charge on any atom is -0.383 e. The number of fused-ring (bicyclic) bond motifs is 1. The van der Waals surface area contributed by atoms with Crippen molar-refractivity contribution in [3.63, 3.8) is 0 Å². The number of urea groups is 1. The molecule has 0 aliphatic carbocycles. The van der Waals surface area contributed by atoms with E-state index in [4.69, 9.17) is 4.74 Å². The first-order valence-corrected chi connectivity index (χ1v) is 9.98. The van der Waals surface area contributed by atoms with Crippen molar-refractivity contribution in [1.82, 2.24) is 20.0 Å². The number of aromatic nitrogens is 2. The van der Waals surface area contributed by atoms with Crippen LogP contribution in [0.15, 0.2) is 36.7 Å². The molecule has 154 valence electrons. The number of likely N-dealkylation sites (tertiary alicyclic amines) is 1. The number of methoxy groups -OCH3 is 1. The normalized spacial score (nSPS) is 21.0. The Hall–Kier alpha value is -2.87. The summed E-state index contributed by atoms with van der Waals surface area (Å²) < 4.78 is 6.92. The van der Waals surface area contributed by atoms with Gasteiger partial charge in [-0.05, 0) is 18.1 Å². The number of carbonyl (C=O) groups excluding carboxylic acids is 2. The maximum atomic E-state index is 12.8. The van der Waals surface area contributed by atoms with E-state index < -0.39 is 0 Å². The van der Waals surface area contributed by atoms with Gasteiger partial charge < -0.3 is 15.0 Å². The standard InChI is InChI=1S/C21H27N5O3/c1-24-14-17(13-23-24)20-16(11-19(27)26(20)9-10-29-2)12-22-21(28)25-8-7-15-5-3-4-6-18(15)25/h3-6,13-14,16,20H,7-12H2,1-2H3,(H,22,28)/t16-,20+/m1/s1. The molecule has 0 unspecified atom stereocenters. The number of aryl methyl sites for hydroxylation is 1. The van der Waals surface area contributed by atoms with Gasteiger partial charge in [-0.25, -0.2) is 4.79 Å². The van der Waals surface area contributed by atoms with Crippen LogP contribution in [0.25, 0.3) is 0 Å². The van der Waals surface area contributed by atoms with Gasteiger partial charge in [-0.3, -0.25) is 14.4 Å². The van der Waals surface area contributed by atoms with Crippen molar-refractivity contribution in [3.8, 4) is 0 Å². The Labute approximate surface area is 170 Å². The monoisotopic (exact) mass is 397 g/mol. The first-order valence-electron chi connectivity index (χ1n) is 9.98. The molecule has 8 heteroatoms. The molecule has 29 heavy (non-hydrogen) atoms. The Morgan fingerprint density at radius 3 is 2.93 bits per heavy atom. The van der Waals surface area contributed by atoms with E-state index in [1.165, 1.54) is 5.56 Å². The number of nitrogens with zero attached hydrogens (tertiary/aromatic N) is 4. The summed E-state index contributed by atoms with van der Waals surface area (Å²) in [4.78, 5) is 29.1. The molecule has 0 radical (unpaired) electrons. The SMILES string of the molecule is COCCN1C(=O)C[C@H](CNC(=O)N2CCc3ccccc32)[C@H]1c1cnn(C)c1. The molecule has 2 aromatic rings. The van der Waals surface area contributed by atoms with Gasteiger partial charge in [0, 0.05) is 63.6 Å². The van der Waals surface area contributed by atoms with Crippen LogP contribution in [-0.4, -0.2) is 60.0 Å². The summed E-state index contributed by atoms with van der Waals surface area (Å²) in [5.41, 5.74) is 3.15. The summed E-state index contributed by atoms with van der Waals surface area (Å²) in [7, 11) is 3.49. The molecule has 4 rings (SSSR count). The molecule has 0 saturated carbocycles. The molecule has 1 saturated heterocycles. The van der Waals surface area contributed by atoms with Gasteiger partial charge in [-0.2, -0.15) is 5.10 Å². The number of amides is 3. The molecule has 2 aliphatic heterocycles. The minimum absolute atomic E-state index is 0.00893.